The SMILES string of the molecule is CCCCCCCCNC(=O)CN(CCCCCCCC)CC(=O)NCCCCCCCC. The molecule has 33 heavy (non-hydrogen) atoms. The fourth-order valence-electron chi connectivity index (χ4n) is 4.11. The third-order valence-electron chi connectivity index (χ3n) is 6.27. The molecule has 0 aromatic rings. The Bertz CT molecular complexity index is 411. The summed E-state index contributed by atoms with van der Waals surface area (Å²) in [5.74, 6) is 0.108. The smallest absolute Gasteiger partial charge is 0.234 e. The first-order valence-corrected chi connectivity index (χ1v) is 14.4. The van der Waals surface area contributed by atoms with Gasteiger partial charge in [0.1, 0.15) is 0 Å². The Balaban J connectivity index is 4.19. The largest absolute Gasteiger partial charge is 0.355 e. The van der Waals surface area contributed by atoms with Gasteiger partial charge in [-0.3, -0.25) is 14.5 Å². The number of unbranched alkanes of at least 4 members (excludes halogenated alkanes) is 15. The fourth-order valence-corrected chi connectivity index (χ4v) is 4.11. The summed E-state index contributed by atoms with van der Waals surface area (Å²) in [6.45, 7) is 9.67. The highest BCUT2D eigenvalue weighted by Crippen LogP contribution is 2.07. The Labute approximate surface area is 206 Å². The van der Waals surface area contributed by atoms with E-state index in [1.54, 1.807) is 0 Å². The number of carbonyl (C=O) groups is 2. The van der Waals surface area contributed by atoms with Crippen LogP contribution in [0.1, 0.15) is 136 Å². The summed E-state index contributed by atoms with van der Waals surface area (Å²) in [4.78, 5) is 26.9. The van der Waals surface area contributed by atoms with Crippen LogP contribution in [-0.4, -0.2) is 49.4 Å². The van der Waals surface area contributed by atoms with E-state index in [4.69, 9.17) is 0 Å². The van der Waals surface area contributed by atoms with Crippen molar-refractivity contribution < 1.29 is 9.59 Å². The zero-order valence-corrected chi connectivity index (χ0v) is 22.5. The van der Waals surface area contributed by atoms with Crippen LogP contribution >= 0.6 is 0 Å². The van der Waals surface area contributed by atoms with Crippen LogP contribution in [0.4, 0.5) is 0 Å². The number of nitrogens with zero attached hydrogens (tertiary/aromatic N) is 1. The van der Waals surface area contributed by atoms with E-state index in [0.29, 0.717) is 13.1 Å². The van der Waals surface area contributed by atoms with Crippen LogP contribution in [0.25, 0.3) is 0 Å². The predicted molar refractivity (Wildman–Crippen MR) is 143 cm³/mol. The predicted octanol–water partition coefficient (Wildman–Crippen LogP) is 6.60. The lowest BCUT2D eigenvalue weighted by Crippen LogP contribution is -2.43. The molecule has 0 fully saturated rings. The zero-order valence-electron chi connectivity index (χ0n) is 22.5. The molecule has 0 spiro atoms. The number of rotatable bonds is 25. The minimum Gasteiger partial charge on any atom is -0.355 e. The minimum atomic E-state index is 0.0539. The van der Waals surface area contributed by atoms with Gasteiger partial charge >= 0.3 is 0 Å². The molecular formula is C28H57N3O2. The molecule has 0 aliphatic carbocycles. The first kappa shape index (κ1) is 31.9. The molecule has 0 unspecified atom stereocenters. The maximum atomic E-state index is 12.4. The number of hydrogen-bond acceptors (Lipinski definition) is 3. The summed E-state index contributed by atoms with van der Waals surface area (Å²) in [6.07, 6.45) is 22.0. The van der Waals surface area contributed by atoms with Crippen LogP contribution in [0.5, 0.6) is 0 Å². The summed E-state index contributed by atoms with van der Waals surface area (Å²) in [5, 5.41) is 6.12. The molecule has 196 valence electrons. The van der Waals surface area contributed by atoms with Gasteiger partial charge in [-0.25, -0.2) is 0 Å². The van der Waals surface area contributed by atoms with E-state index < -0.39 is 0 Å². The molecule has 5 nitrogen and oxygen atoms in total. The second-order valence-electron chi connectivity index (χ2n) is 9.71. The highest BCUT2D eigenvalue weighted by atomic mass is 16.2. The van der Waals surface area contributed by atoms with Gasteiger partial charge in [-0.2, -0.15) is 0 Å². The number of nitrogens with one attached hydrogen (secondary N) is 2. The van der Waals surface area contributed by atoms with Gasteiger partial charge in [0.25, 0.3) is 0 Å². The molecule has 0 saturated heterocycles. The van der Waals surface area contributed by atoms with Crippen LogP contribution in [0.3, 0.4) is 0 Å². The molecule has 0 bridgehead atoms. The summed E-state index contributed by atoms with van der Waals surface area (Å²) in [7, 11) is 0. The molecule has 2 N–H and O–H groups in total. The standard InChI is InChI=1S/C28H57N3O2/c1-4-7-10-13-16-19-22-29-27(32)25-31(24-21-18-15-12-9-6-3)26-28(33)30-23-20-17-14-11-8-5-2/h4-26H2,1-3H3,(H,29,32)(H,30,33). The van der Waals surface area contributed by atoms with Gasteiger partial charge in [0, 0.05) is 13.1 Å². The van der Waals surface area contributed by atoms with Crippen molar-refractivity contribution in [3.63, 3.8) is 0 Å². The van der Waals surface area contributed by atoms with Gasteiger partial charge < -0.3 is 10.6 Å². The van der Waals surface area contributed by atoms with Crippen molar-refractivity contribution in [2.75, 3.05) is 32.7 Å². The average molecular weight is 468 g/mol. The van der Waals surface area contributed by atoms with E-state index >= 15 is 0 Å². The monoisotopic (exact) mass is 467 g/mol. The lowest BCUT2D eigenvalue weighted by Gasteiger charge is -2.21. The van der Waals surface area contributed by atoms with Crippen molar-refractivity contribution in [2.24, 2.45) is 0 Å². The summed E-state index contributed by atoms with van der Waals surface area (Å²) >= 11 is 0. The Morgan fingerprint density at radius 1 is 0.485 bits per heavy atom. The van der Waals surface area contributed by atoms with Gasteiger partial charge in [0.05, 0.1) is 13.1 Å². The molecule has 0 heterocycles. The van der Waals surface area contributed by atoms with Crippen molar-refractivity contribution in [2.45, 2.75) is 136 Å². The van der Waals surface area contributed by atoms with Crippen LogP contribution in [-0.2, 0) is 9.59 Å². The molecule has 0 radical (unpaired) electrons. The average Bonchev–Trinajstić information content (AvgIpc) is 2.80. The van der Waals surface area contributed by atoms with Gasteiger partial charge in [0.15, 0.2) is 0 Å². The molecule has 2 amide bonds. The summed E-state index contributed by atoms with van der Waals surface area (Å²) in [6, 6.07) is 0. The molecule has 0 aliphatic heterocycles. The second kappa shape index (κ2) is 25.5. The second-order valence-corrected chi connectivity index (χ2v) is 9.71. The topological polar surface area (TPSA) is 61.4 Å². The molecule has 5 heteroatoms. The number of carbonyl (C=O) groups excluding carboxylic acids is 2. The van der Waals surface area contributed by atoms with E-state index in [1.165, 1.54) is 96.3 Å². The lowest BCUT2D eigenvalue weighted by molar-refractivity contribution is -0.125. The Kier molecular flexibility index (Phi) is 24.7. The molecule has 0 aliphatic rings. The van der Waals surface area contributed by atoms with Gasteiger partial charge in [0.2, 0.25) is 11.8 Å². The molecule has 0 aromatic carbocycles. The molecule has 0 aromatic heterocycles. The minimum absolute atomic E-state index is 0.0539. The lowest BCUT2D eigenvalue weighted by atomic mass is 10.1. The quantitative estimate of drug-likeness (QED) is 0.149. The third kappa shape index (κ3) is 23.8. The molecular weight excluding hydrogens is 410 g/mol. The third-order valence-corrected chi connectivity index (χ3v) is 6.27. The van der Waals surface area contributed by atoms with Crippen LogP contribution < -0.4 is 10.6 Å². The number of hydrogen-bond donors (Lipinski definition) is 2. The van der Waals surface area contributed by atoms with Crippen molar-refractivity contribution in [3.05, 3.63) is 0 Å². The first-order chi connectivity index (χ1) is 16.1. The Morgan fingerprint density at radius 3 is 1.21 bits per heavy atom. The fraction of sp³-hybridized carbons (Fsp3) is 0.929. The highest BCUT2D eigenvalue weighted by Gasteiger charge is 2.14. The van der Waals surface area contributed by atoms with Crippen molar-refractivity contribution in [1.29, 1.82) is 0 Å². The highest BCUT2D eigenvalue weighted by molar-refractivity contribution is 5.81. The van der Waals surface area contributed by atoms with Gasteiger partial charge in [-0.1, -0.05) is 117 Å². The van der Waals surface area contributed by atoms with Crippen LogP contribution in [0.2, 0.25) is 0 Å². The van der Waals surface area contributed by atoms with Gasteiger partial charge in [-0.15, -0.1) is 0 Å². The normalized spacial score (nSPS) is 11.2. The van der Waals surface area contributed by atoms with Gasteiger partial charge in [-0.05, 0) is 25.8 Å². The van der Waals surface area contributed by atoms with Crippen molar-refractivity contribution >= 4 is 11.8 Å². The summed E-state index contributed by atoms with van der Waals surface area (Å²) in [5.41, 5.74) is 0. The van der Waals surface area contributed by atoms with Crippen molar-refractivity contribution in [3.8, 4) is 0 Å². The zero-order chi connectivity index (χ0) is 24.4. The van der Waals surface area contributed by atoms with Crippen molar-refractivity contribution in [1.82, 2.24) is 15.5 Å². The Hall–Kier alpha value is -1.10. The Morgan fingerprint density at radius 2 is 0.818 bits per heavy atom. The number of amides is 2. The molecule has 0 saturated carbocycles. The summed E-state index contributed by atoms with van der Waals surface area (Å²) < 4.78 is 0. The first-order valence-electron chi connectivity index (χ1n) is 14.4. The molecule has 0 atom stereocenters. The van der Waals surface area contributed by atoms with E-state index in [1.807, 2.05) is 4.90 Å². The van der Waals surface area contributed by atoms with E-state index in [-0.39, 0.29) is 11.8 Å². The molecule has 0 rings (SSSR count). The van der Waals surface area contributed by atoms with Crippen LogP contribution in [0, 0.1) is 0 Å². The van der Waals surface area contributed by atoms with Crippen LogP contribution in [0.15, 0.2) is 0 Å². The maximum absolute atomic E-state index is 12.4. The van der Waals surface area contributed by atoms with E-state index in [0.717, 1.165) is 38.9 Å². The maximum Gasteiger partial charge on any atom is 0.234 e. The van der Waals surface area contributed by atoms with E-state index in [2.05, 4.69) is 31.4 Å². The van der Waals surface area contributed by atoms with E-state index in [9.17, 15) is 9.59 Å².